The molecule has 0 aliphatic heterocycles. The molecule has 0 aromatic carbocycles. The Bertz CT molecular complexity index is 446. The SMILES string of the molecule is CCN(c1ncc(CNC(C)(C)C)cc1Cl)C(C)COC. The Morgan fingerprint density at radius 2 is 2.10 bits per heavy atom. The van der Waals surface area contributed by atoms with Crippen molar-refractivity contribution in [3.05, 3.63) is 22.8 Å². The first-order valence-electron chi connectivity index (χ1n) is 7.43. The lowest BCUT2D eigenvalue weighted by Crippen LogP contribution is -2.37. The molecular formula is C16H28ClN3O. The summed E-state index contributed by atoms with van der Waals surface area (Å²) in [5.74, 6) is 0.822. The van der Waals surface area contributed by atoms with Crippen LogP contribution in [-0.2, 0) is 11.3 Å². The number of anilines is 1. The number of aromatic nitrogens is 1. The minimum atomic E-state index is 0.0770. The highest BCUT2D eigenvalue weighted by Crippen LogP contribution is 2.25. The predicted molar refractivity (Wildman–Crippen MR) is 90.2 cm³/mol. The average Bonchev–Trinajstić information content (AvgIpc) is 2.39. The summed E-state index contributed by atoms with van der Waals surface area (Å²) in [7, 11) is 1.71. The third-order valence-corrected chi connectivity index (χ3v) is 3.53. The molecule has 1 aromatic rings. The van der Waals surface area contributed by atoms with E-state index in [0.29, 0.717) is 11.6 Å². The summed E-state index contributed by atoms with van der Waals surface area (Å²) >= 11 is 6.42. The van der Waals surface area contributed by atoms with Gasteiger partial charge >= 0.3 is 0 Å². The number of hydrogen-bond donors (Lipinski definition) is 1. The monoisotopic (exact) mass is 313 g/mol. The minimum absolute atomic E-state index is 0.0770. The normalized spacial score (nSPS) is 13.3. The smallest absolute Gasteiger partial charge is 0.147 e. The van der Waals surface area contributed by atoms with Crippen LogP contribution in [0.1, 0.15) is 40.2 Å². The number of ether oxygens (including phenoxy) is 1. The molecule has 5 heteroatoms. The quantitative estimate of drug-likeness (QED) is 0.836. The maximum atomic E-state index is 6.42. The summed E-state index contributed by atoms with van der Waals surface area (Å²) < 4.78 is 5.22. The van der Waals surface area contributed by atoms with Crippen molar-refractivity contribution in [3.8, 4) is 0 Å². The van der Waals surface area contributed by atoms with Crippen LogP contribution in [-0.4, -0.2) is 36.8 Å². The molecular weight excluding hydrogens is 286 g/mol. The first kappa shape index (κ1) is 18.2. The maximum absolute atomic E-state index is 6.42. The molecule has 0 spiro atoms. The van der Waals surface area contributed by atoms with Crippen LogP contribution in [0.5, 0.6) is 0 Å². The van der Waals surface area contributed by atoms with Crippen molar-refractivity contribution >= 4 is 17.4 Å². The molecule has 0 radical (unpaired) electrons. The molecule has 0 fully saturated rings. The van der Waals surface area contributed by atoms with Crippen LogP contribution in [0.3, 0.4) is 0 Å². The molecule has 0 saturated carbocycles. The van der Waals surface area contributed by atoms with E-state index in [1.807, 2.05) is 12.3 Å². The zero-order chi connectivity index (χ0) is 16.0. The molecule has 4 nitrogen and oxygen atoms in total. The molecule has 1 atom stereocenters. The molecule has 21 heavy (non-hydrogen) atoms. The second-order valence-electron chi connectivity index (χ2n) is 6.34. The van der Waals surface area contributed by atoms with Gasteiger partial charge in [-0.1, -0.05) is 11.6 Å². The van der Waals surface area contributed by atoms with Gasteiger partial charge in [0.25, 0.3) is 0 Å². The highest BCUT2D eigenvalue weighted by molar-refractivity contribution is 6.33. The predicted octanol–water partition coefficient (Wildman–Crippen LogP) is 3.48. The van der Waals surface area contributed by atoms with Gasteiger partial charge < -0.3 is 15.0 Å². The van der Waals surface area contributed by atoms with Gasteiger partial charge in [-0.3, -0.25) is 0 Å². The standard InChI is InChI=1S/C16H28ClN3O/c1-7-20(12(2)11-21-6)15-14(17)8-13(9-18-15)10-19-16(3,4)5/h8-9,12,19H,7,10-11H2,1-6H3. The van der Waals surface area contributed by atoms with Crippen LogP contribution in [0.15, 0.2) is 12.3 Å². The van der Waals surface area contributed by atoms with Crippen molar-refractivity contribution in [1.29, 1.82) is 0 Å². The van der Waals surface area contributed by atoms with Gasteiger partial charge in [0.2, 0.25) is 0 Å². The summed E-state index contributed by atoms with van der Waals surface area (Å²) in [5.41, 5.74) is 1.17. The number of nitrogens with zero attached hydrogens (tertiary/aromatic N) is 2. The Balaban J connectivity index is 2.85. The number of halogens is 1. The first-order valence-corrected chi connectivity index (χ1v) is 7.81. The van der Waals surface area contributed by atoms with Gasteiger partial charge in [-0.25, -0.2) is 4.98 Å². The number of pyridine rings is 1. The van der Waals surface area contributed by atoms with Gasteiger partial charge in [0.15, 0.2) is 0 Å². The topological polar surface area (TPSA) is 37.4 Å². The Hall–Kier alpha value is -0.840. The van der Waals surface area contributed by atoms with Crippen molar-refractivity contribution in [2.45, 2.75) is 52.7 Å². The third kappa shape index (κ3) is 5.81. The second kappa shape index (κ2) is 7.97. The Morgan fingerprint density at radius 1 is 1.43 bits per heavy atom. The zero-order valence-corrected chi connectivity index (χ0v) is 14.8. The van der Waals surface area contributed by atoms with Crippen molar-refractivity contribution < 1.29 is 4.74 Å². The largest absolute Gasteiger partial charge is 0.383 e. The van der Waals surface area contributed by atoms with E-state index in [-0.39, 0.29) is 11.6 Å². The Labute approximate surface area is 133 Å². The fourth-order valence-corrected chi connectivity index (χ4v) is 2.44. The van der Waals surface area contributed by atoms with Crippen LogP contribution in [0, 0.1) is 0 Å². The van der Waals surface area contributed by atoms with Crippen molar-refractivity contribution in [3.63, 3.8) is 0 Å². The van der Waals surface area contributed by atoms with E-state index < -0.39 is 0 Å². The van der Waals surface area contributed by atoms with Gasteiger partial charge in [-0.15, -0.1) is 0 Å². The highest BCUT2D eigenvalue weighted by atomic mass is 35.5. The van der Waals surface area contributed by atoms with Crippen LogP contribution < -0.4 is 10.2 Å². The third-order valence-electron chi connectivity index (χ3n) is 3.25. The number of rotatable bonds is 7. The summed E-state index contributed by atoms with van der Waals surface area (Å²) in [6, 6.07) is 2.23. The van der Waals surface area contributed by atoms with Gasteiger partial charge in [0, 0.05) is 31.9 Å². The molecule has 1 N–H and O–H groups in total. The highest BCUT2D eigenvalue weighted by Gasteiger charge is 2.17. The summed E-state index contributed by atoms with van der Waals surface area (Å²) in [6.45, 7) is 12.9. The van der Waals surface area contributed by atoms with E-state index >= 15 is 0 Å². The zero-order valence-electron chi connectivity index (χ0n) is 14.0. The minimum Gasteiger partial charge on any atom is -0.383 e. The van der Waals surface area contributed by atoms with Crippen LogP contribution >= 0.6 is 11.6 Å². The maximum Gasteiger partial charge on any atom is 0.147 e. The van der Waals surface area contributed by atoms with E-state index in [2.05, 4.69) is 49.8 Å². The number of methoxy groups -OCH3 is 1. The summed E-state index contributed by atoms with van der Waals surface area (Å²) in [6.07, 6.45) is 1.89. The average molecular weight is 314 g/mol. The molecule has 1 heterocycles. The van der Waals surface area contributed by atoms with Gasteiger partial charge in [-0.2, -0.15) is 0 Å². The summed E-state index contributed by atoms with van der Waals surface area (Å²) in [4.78, 5) is 6.71. The Morgan fingerprint density at radius 3 is 2.57 bits per heavy atom. The van der Waals surface area contributed by atoms with Gasteiger partial charge in [0.05, 0.1) is 17.7 Å². The molecule has 120 valence electrons. The van der Waals surface area contributed by atoms with Gasteiger partial charge in [0.1, 0.15) is 5.82 Å². The lowest BCUT2D eigenvalue weighted by atomic mass is 10.1. The Kier molecular flexibility index (Phi) is 6.91. The van der Waals surface area contributed by atoms with E-state index in [1.165, 1.54) is 0 Å². The van der Waals surface area contributed by atoms with Crippen LogP contribution in [0.2, 0.25) is 5.02 Å². The van der Waals surface area contributed by atoms with E-state index in [0.717, 1.165) is 24.5 Å². The fraction of sp³-hybridized carbons (Fsp3) is 0.688. The second-order valence-corrected chi connectivity index (χ2v) is 6.75. The fourth-order valence-electron chi connectivity index (χ4n) is 2.15. The lowest BCUT2D eigenvalue weighted by molar-refractivity contribution is 0.181. The number of hydrogen-bond acceptors (Lipinski definition) is 4. The lowest BCUT2D eigenvalue weighted by Gasteiger charge is -2.29. The molecule has 0 aliphatic carbocycles. The molecule has 0 saturated heterocycles. The van der Waals surface area contributed by atoms with E-state index in [1.54, 1.807) is 7.11 Å². The molecule has 1 aromatic heterocycles. The van der Waals surface area contributed by atoms with Crippen LogP contribution in [0.25, 0.3) is 0 Å². The van der Waals surface area contributed by atoms with Crippen LogP contribution in [0.4, 0.5) is 5.82 Å². The molecule has 1 unspecified atom stereocenters. The molecule has 0 bridgehead atoms. The molecule has 1 rings (SSSR count). The van der Waals surface area contributed by atoms with E-state index in [9.17, 15) is 0 Å². The van der Waals surface area contributed by atoms with Crippen molar-refractivity contribution in [2.75, 3.05) is 25.2 Å². The van der Waals surface area contributed by atoms with Crippen molar-refractivity contribution in [1.82, 2.24) is 10.3 Å². The number of likely N-dealkylation sites (N-methyl/N-ethyl adjacent to an activating group) is 1. The van der Waals surface area contributed by atoms with Crippen molar-refractivity contribution in [2.24, 2.45) is 0 Å². The van der Waals surface area contributed by atoms with E-state index in [4.69, 9.17) is 16.3 Å². The first-order chi connectivity index (χ1) is 9.78. The van der Waals surface area contributed by atoms with Gasteiger partial charge in [-0.05, 0) is 46.2 Å². The molecule has 0 aliphatic rings. The summed E-state index contributed by atoms with van der Waals surface area (Å²) in [5, 5.41) is 4.13. The number of nitrogens with one attached hydrogen (secondary N) is 1. The molecule has 0 amide bonds.